The smallest absolute Gasteiger partial charge is 0.108 e. The first-order chi connectivity index (χ1) is 37.3. The van der Waals surface area contributed by atoms with Gasteiger partial charge >= 0.3 is 0 Å². The van der Waals surface area contributed by atoms with E-state index in [1.807, 2.05) is 0 Å². The lowest BCUT2D eigenvalue weighted by Crippen LogP contribution is -2.74. The molecule has 0 N–H and O–H groups in total. The van der Waals surface area contributed by atoms with Crippen LogP contribution in [-0.4, -0.2) is 18.4 Å². The monoisotopic (exact) mass is 995 g/mol. The SMILES string of the molecule is [PH6+3].c1ccc([B-](c2ccccc2)(c2ccccc2)c2ccccc2)cc1.c1ccc([B-](c2ccccc2)(c2ccccc2)c2ccccc2)cc1.c1ccc([B-](c2ccccc2)(c2ccccc2)c2ccccc2)cc1. The van der Waals surface area contributed by atoms with Crippen molar-refractivity contribution < 1.29 is 0 Å². The number of rotatable bonds is 12. The molecule has 368 valence electrons. The molecule has 0 saturated heterocycles. The van der Waals surface area contributed by atoms with Gasteiger partial charge in [-0.2, -0.15) is 65.6 Å². The molecular weight excluding hydrogens is 928 g/mol. The standard InChI is InChI=1S/3C24H20B.H6P/c3*1-5-13-21(14-6-1)25(22-15-7-2-8-16-22,23-17-9-3-10-18-23)24-19-11-4-12-20-24;/h3*1-20H;1H6/q3*-1;+3. The lowest BCUT2D eigenvalue weighted by atomic mass is 9.13. The van der Waals surface area contributed by atoms with Gasteiger partial charge in [-0.15, -0.1) is 0 Å². The van der Waals surface area contributed by atoms with Crippen LogP contribution in [0, 0.1) is 0 Å². The highest BCUT2D eigenvalue weighted by Gasteiger charge is 2.33. The molecule has 0 spiro atoms. The summed E-state index contributed by atoms with van der Waals surface area (Å²) in [5.41, 5.74) is 16.1. The van der Waals surface area contributed by atoms with Crippen LogP contribution in [0.4, 0.5) is 0 Å². The fraction of sp³-hybridized carbons (Fsp3) is 0. The van der Waals surface area contributed by atoms with Gasteiger partial charge in [0, 0.05) is 0 Å². The molecule has 12 aromatic carbocycles. The largest absolute Gasteiger partial charge is 0.295 e. The second kappa shape index (κ2) is 25.5. The molecular formula is C72H66B3P. The van der Waals surface area contributed by atoms with Gasteiger partial charge in [-0.05, 0) is 0 Å². The number of hydrogen-bond donors (Lipinski definition) is 0. The maximum atomic E-state index is 2.26. The van der Waals surface area contributed by atoms with Crippen molar-refractivity contribution in [2.45, 2.75) is 0 Å². The minimum atomic E-state index is -1.22. The lowest BCUT2D eigenvalue weighted by molar-refractivity contribution is 1.66. The predicted octanol–water partition coefficient (Wildman–Crippen LogP) is 8.45. The van der Waals surface area contributed by atoms with Crippen molar-refractivity contribution in [1.29, 1.82) is 0 Å². The van der Waals surface area contributed by atoms with Crippen molar-refractivity contribution >= 4 is 93.9 Å². The topological polar surface area (TPSA) is 0 Å². The second-order valence-electron chi connectivity index (χ2n) is 19.5. The first-order valence-electron chi connectivity index (χ1n) is 26.4. The summed E-state index contributed by atoms with van der Waals surface area (Å²) in [5.74, 6) is 0. The van der Waals surface area contributed by atoms with E-state index in [0.717, 1.165) is 0 Å². The molecule has 4 heteroatoms. The van der Waals surface area contributed by atoms with Crippen LogP contribution >= 0.6 is 9.90 Å². The van der Waals surface area contributed by atoms with E-state index in [2.05, 4.69) is 364 Å². The molecule has 0 aliphatic carbocycles. The minimum Gasteiger partial charge on any atom is -0.295 e. The zero-order chi connectivity index (χ0) is 50.9. The van der Waals surface area contributed by atoms with E-state index >= 15 is 0 Å². The van der Waals surface area contributed by atoms with Crippen LogP contribution in [0.5, 0.6) is 0 Å². The van der Waals surface area contributed by atoms with Crippen molar-refractivity contribution in [2.75, 3.05) is 0 Å². The predicted molar refractivity (Wildman–Crippen MR) is 345 cm³/mol. The molecule has 0 saturated carbocycles. The van der Waals surface area contributed by atoms with Crippen LogP contribution in [0.1, 0.15) is 0 Å². The van der Waals surface area contributed by atoms with E-state index in [4.69, 9.17) is 0 Å². The third kappa shape index (κ3) is 10.6. The fourth-order valence-electron chi connectivity index (χ4n) is 12.4. The van der Waals surface area contributed by atoms with E-state index in [9.17, 15) is 0 Å². The highest BCUT2D eigenvalue weighted by atomic mass is 31.0. The van der Waals surface area contributed by atoms with Crippen molar-refractivity contribution in [3.63, 3.8) is 0 Å². The van der Waals surface area contributed by atoms with Crippen LogP contribution in [-0.2, 0) is 0 Å². The fourth-order valence-corrected chi connectivity index (χ4v) is 12.4. The van der Waals surface area contributed by atoms with Crippen LogP contribution < -0.4 is 65.6 Å². The molecule has 0 unspecified atom stereocenters. The second-order valence-corrected chi connectivity index (χ2v) is 19.5. The minimum absolute atomic E-state index is 0. The molecule has 12 rings (SSSR count). The Kier molecular flexibility index (Phi) is 17.5. The summed E-state index contributed by atoms with van der Waals surface area (Å²) in [5, 5.41) is 0. The maximum absolute atomic E-state index is 2.26. The first kappa shape index (κ1) is 52.1. The van der Waals surface area contributed by atoms with Gasteiger partial charge in [0.05, 0.1) is 0 Å². The molecule has 0 amide bonds. The molecule has 0 aromatic heterocycles. The number of hydrogen-bond acceptors (Lipinski definition) is 0. The Hall–Kier alpha value is -8.74. The van der Waals surface area contributed by atoms with Crippen molar-refractivity contribution in [3.8, 4) is 0 Å². The molecule has 0 aliphatic heterocycles. The normalized spacial score (nSPS) is 11.1. The number of benzene rings is 12. The first-order valence-corrected chi connectivity index (χ1v) is 26.4. The molecule has 0 fully saturated rings. The Bertz CT molecular complexity index is 2650. The van der Waals surface area contributed by atoms with Gasteiger partial charge in [0.1, 0.15) is 18.4 Å². The van der Waals surface area contributed by atoms with Gasteiger partial charge < -0.3 is 0 Å². The van der Waals surface area contributed by atoms with Gasteiger partial charge in [0.2, 0.25) is 0 Å². The van der Waals surface area contributed by atoms with Gasteiger partial charge in [-0.3, -0.25) is 9.90 Å². The highest BCUT2D eigenvalue weighted by molar-refractivity contribution is 7.21. The summed E-state index contributed by atoms with van der Waals surface area (Å²) >= 11 is 0. The maximum Gasteiger partial charge on any atom is 0.108 e. The quantitative estimate of drug-likeness (QED) is 0.0853. The van der Waals surface area contributed by atoms with Crippen LogP contribution in [0.25, 0.3) is 0 Å². The van der Waals surface area contributed by atoms with Crippen molar-refractivity contribution in [1.82, 2.24) is 0 Å². The average Bonchev–Trinajstić information content (AvgIpc) is 3.54. The lowest BCUT2D eigenvalue weighted by Gasteiger charge is -2.44. The third-order valence-corrected chi connectivity index (χ3v) is 15.6. The van der Waals surface area contributed by atoms with E-state index < -0.39 is 18.4 Å². The van der Waals surface area contributed by atoms with Crippen LogP contribution in [0.3, 0.4) is 0 Å². The Morgan fingerprint density at radius 3 is 0.237 bits per heavy atom. The van der Waals surface area contributed by atoms with Gasteiger partial charge in [-0.1, -0.05) is 364 Å². The molecule has 0 bridgehead atoms. The zero-order valence-corrected chi connectivity index (χ0v) is 42.4. The molecule has 0 radical (unpaired) electrons. The average molecular weight is 995 g/mol. The molecule has 0 heterocycles. The van der Waals surface area contributed by atoms with E-state index in [0.29, 0.717) is 0 Å². The van der Waals surface area contributed by atoms with E-state index in [-0.39, 0.29) is 9.90 Å². The Morgan fingerprint density at radius 1 is 0.105 bits per heavy atom. The molecule has 0 atom stereocenters. The summed E-state index contributed by atoms with van der Waals surface area (Å²) in [7, 11) is 0. The van der Waals surface area contributed by atoms with Crippen LogP contribution in [0.2, 0.25) is 0 Å². The Labute approximate surface area is 455 Å². The van der Waals surface area contributed by atoms with Crippen molar-refractivity contribution in [3.05, 3.63) is 364 Å². The summed E-state index contributed by atoms with van der Waals surface area (Å²) in [6.07, 6.45) is -3.65. The highest BCUT2D eigenvalue weighted by Crippen LogP contribution is 2.13. The molecule has 0 nitrogen and oxygen atoms in total. The molecule has 0 aliphatic rings. The summed E-state index contributed by atoms with van der Waals surface area (Å²) in [6, 6.07) is 131. The van der Waals surface area contributed by atoms with E-state index in [1.54, 1.807) is 0 Å². The summed E-state index contributed by atoms with van der Waals surface area (Å²) in [6.45, 7) is 0. The zero-order valence-electron chi connectivity index (χ0n) is 42.4. The van der Waals surface area contributed by atoms with Crippen LogP contribution in [0.15, 0.2) is 364 Å². The molecule has 12 aromatic rings. The molecule has 76 heavy (non-hydrogen) atoms. The summed E-state index contributed by atoms with van der Waals surface area (Å²) < 4.78 is 0. The Balaban J connectivity index is 0.000000138. The van der Waals surface area contributed by atoms with E-state index in [1.165, 1.54) is 65.6 Å². The summed E-state index contributed by atoms with van der Waals surface area (Å²) in [4.78, 5) is 0. The third-order valence-electron chi connectivity index (χ3n) is 15.6. The Morgan fingerprint density at radius 2 is 0.171 bits per heavy atom. The van der Waals surface area contributed by atoms with Gasteiger partial charge in [-0.25, -0.2) is 0 Å². The van der Waals surface area contributed by atoms with Gasteiger partial charge in [0.15, 0.2) is 0 Å². The van der Waals surface area contributed by atoms with Gasteiger partial charge in [0.25, 0.3) is 0 Å². The van der Waals surface area contributed by atoms with Crippen molar-refractivity contribution in [2.24, 2.45) is 0 Å².